The van der Waals surface area contributed by atoms with Gasteiger partial charge in [0.25, 0.3) is 0 Å². The van der Waals surface area contributed by atoms with Gasteiger partial charge in [0.1, 0.15) is 11.5 Å². The van der Waals surface area contributed by atoms with Crippen LogP contribution in [0.3, 0.4) is 0 Å². The Morgan fingerprint density at radius 1 is 1.43 bits per heavy atom. The third-order valence-corrected chi connectivity index (χ3v) is 3.98. The van der Waals surface area contributed by atoms with Gasteiger partial charge in [-0.05, 0) is 44.0 Å². The zero-order valence-corrected chi connectivity index (χ0v) is 12.4. The fraction of sp³-hybridized carbons (Fsp3) is 0.438. The number of hydrogen-bond acceptors (Lipinski definition) is 5. The molecule has 112 valence electrons. The maximum atomic E-state index is 9.67. The minimum atomic E-state index is 0.173. The number of aromatic hydroxyl groups is 1. The van der Waals surface area contributed by atoms with Crippen LogP contribution in [0.15, 0.2) is 28.8 Å². The van der Waals surface area contributed by atoms with Gasteiger partial charge in [-0.1, -0.05) is 11.2 Å². The Hall–Kier alpha value is -2.01. The number of rotatable bonds is 4. The Morgan fingerprint density at radius 3 is 3.00 bits per heavy atom. The first-order valence-corrected chi connectivity index (χ1v) is 7.20. The summed E-state index contributed by atoms with van der Waals surface area (Å²) in [5, 5.41) is 13.8. The van der Waals surface area contributed by atoms with E-state index in [1.54, 1.807) is 13.2 Å². The summed E-state index contributed by atoms with van der Waals surface area (Å²) in [5.41, 5.74) is 2.13. The summed E-state index contributed by atoms with van der Waals surface area (Å²) < 4.78 is 10.4. The molecule has 5 heteroatoms. The third kappa shape index (κ3) is 2.88. The van der Waals surface area contributed by atoms with Gasteiger partial charge in [0, 0.05) is 12.6 Å². The third-order valence-electron chi connectivity index (χ3n) is 3.98. The summed E-state index contributed by atoms with van der Waals surface area (Å²) in [6.07, 6.45) is 2.26. The number of phenols is 1. The van der Waals surface area contributed by atoms with E-state index in [1.807, 2.05) is 25.1 Å². The van der Waals surface area contributed by atoms with Gasteiger partial charge in [-0.25, -0.2) is 0 Å². The van der Waals surface area contributed by atoms with Crippen molar-refractivity contribution in [3.63, 3.8) is 0 Å². The van der Waals surface area contributed by atoms with E-state index in [0.717, 1.165) is 42.9 Å². The first kappa shape index (κ1) is 13.9. The van der Waals surface area contributed by atoms with Crippen molar-refractivity contribution in [2.24, 2.45) is 0 Å². The smallest absolute Gasteiger partial charge is 0.160 e. The predicted molar refractivity (Wildman–Crippen MR) is 78.3 cm³/mol. The van der Waals surface area contributed by atoms with Gasteiger partial charge in [-0.15, -0.1) is 0 Å². The summed E-state index contributed by atoms with van der Waals surface area (Å²) in [6.45, 7) is 3.77. The molecular formula is C16H20N2O3. The standard InChI is InChI=1S/C16H20N2O3/c1-11-8-13(17-21-11)14-4-3-7-18(14)10-12-5-6-15(19)16(9-12)20-2/h5-6,8-9,14,19H,3-4,7,10H2,1-2H3/t14-/m1/s1. The number of likely N-dealkylation sites (tertiary alicyclic amines) is 1. The summed E-state index contributed by atoms with van der Waals surface area (Å²) in [5.74, 6) is 1.54. The number of methoxy groups -OCH3 is 1. The van der Waals surface area contributed by atoms with Crippen molar-refractivity contribution >= 4 is 0 Å². The minimum absolute atomic E-state index is 0.173. The summed E-state index contributed by atoms with van der Waals surface area (Å²) in [7, 11) is 1.57. The Labute approximate surface area is 124 Å². The monoisotopic (exact) mass is 288 g/mol. The lowest BCUT2D eigenvalue weighted by Crippen LogP contribution is -2.23. The number of benzene rings is 1. The molecule has 1 fully saturated rings. The maximum Gasteiger partial charge on any atom is 0.160 e. The van der Waals surface area contributed by atoms with Crippen LogP contribution in [0, 0.1) is 6.92 Å². The average molecular weight is 288 g/mol. The van der Waals surface area contributed by atoms with Crippen molar-refractivity contribution in [2.75, 3.05) is 13.7 Å². The molecule has 1 N–H and O–H groups in total. The Morgan fingerprint density at radius 2 is 2.29 bits per heavy atom. The van der Waals surface area contributed by atoms with Gasteiger partial charge in [-0.2, -0.15) is 0 Å². The van der Waals surface area contributed by atoms with Crippen molar-refractivity contribution in [2.45, 2.75) is 32.4 Å². The SMILES string of the molecule is COc1cc(CN2CCC[C@@H]2c2cc(C)on2)ccc1O. The van der Waals surface area contributed by atoms with E-state index in [2.05, 4.69) is 10.1 Å². The molecule has 1 saturated heterocycles. The highest BCUT2D eigenvalue weighted by Crippen LogP contribution is 2.34. The molecule has 2 aromatic rings. The second-order valence-corrected chi connectivity index (χ2v) is 5.50. The summed E-state index contributed by atoms with van der Waals surface area (Å²) in [6, 6.07) is 7.82. The zero-order chi connectivity index (χ0) is 14.8. The molecular weight excluding hydrogens is 268 g/mol. The van der Waals surface area contributed by atoms with Crippen molar-refractivity contribution in [3.8, 4) is 11.5 Å². The molecule has 0 aliphatic carbocycles. The average Bonchev–Trinajstić information content (AvgIpc) is 3.09. The molecule has 1 aromatic carbocycles. The van der Waals surface area contributed by atoms with Crippen molar-refractivity contribution in [1.82, 2.24) is 10.1 Å². The Kier molecular flexibility index (Phi) is 3.84. The predicted octanol–water partition coefficient (Wildman–Crippen LogP) is 3.03. The van der Waals surface area contributed by atoms with Crippen LogP contribution < -0.4 is 4.74 Å². The quantitative estimate of drug-likeness (QED) is 0.937. The van der Waals surface area contributed by atoms with Gasteiger partial charge < -0.3 is 14.4 Å². The number of ether oxygens (including phenoxy) is 1. The topological polar surface area (TPSA) is 58.7 Å². The van der Waals surface area contributed by atoms with Crippen LogP contribution in [0.5, 0.6) is 11.5 Å². The highest BCUT2D eigenvalue weighted by atomic mass is 16.5. The molecule has 1 aromatic heterocycles. The fourth-order valence-corrected chi connectivity index (χ4v) is 2.95. The first-order valence-electron chi connectivity index (χ1n) is 7.20. The first-order chi connectivity index (χ1) is 10.2. The van der Waals surface area contributed by atoms with Crippen molar-refractivity contribution in [1.29, 1.82) is 0 Å². The molecule has 1 aliphatic rings. The molecule has 0 spiro atoms. The van der Waals surface area contributed by atoms with Crippen LogP contribution in [0.4, 0.5) is 0 Å². The zero-order valence-electron chi connectivity index (χ0n) is 12.4. The van der Waals surface area contributed by atoms with E-state index < -0.39 is 0 Å². The number of aryl methyl sites for hydroxylation is 1. The Bertz CT molecular complexity index is 624. The summed E-state index contributed by atoms with van der Waals surface area (Å²) >= 11 is 0. The molecule has 1 aliphatic heterocycles. The second-order valence-electron chi connectivity index (χ2n) is 5.50. The Balaban J connectivity index is 1.77. The molecule has 0 bridgehead atoms. The molecule has 1 atom stereocenters. The van der Waals surface area contributed by atoms with E-state index >= 15 is 0 Å². The number of nitrogens with zero attached hydrogens (tertiary/aromatic N) is 2. The molecule has 0 radical (unpaired) electrons. The summed E-state index contributed by atoms with van der Waals surface area (Å²) in [4.78, 5) is 2.39. The maximum absolute atomic E-state index is 9.67. The molecule has 0 unspecified atom stereocenters. The van der Waals surface area contributed by atoms with Crippen LogP contribution in [-0.4, -0.2) is 28.8 Å². The van der Waals surface area contributed by atoms with E-state index in [1.165, 1.54) is 0 Å². The lowest BCUT2D eigenvalue weighted by molar-refractivity contribution is 0.236. The molecule has 2 heterocycles. The van der Waals surface area contributed by atoms with Crippen LogP contribution in [0.25, 0.3) is 0 Å². The highest BCUT2D eigenvalue weighted by molar-refractivity contribution is 5.41. The van der Waals surface area contributed by atoms with E-state index in [9.17, 15) is 5.11 Å². The van der Waals surface area contributed by atoms with Crippen LogP contribution >= 0.6 is 0 Å². The highest BCUT2D eigenvalue weighted by Gasteiger charge is 2.28. The van der Waals surface area contributed by atoms with Crippen molar-refractivity contribution < 1.29 is 14.4 Å². The lowest BCUT2D eigenvalue weighted by Gasteiger charge is -2.22. The number of hydrogen-bond donors (Lipinski definition) is 1. The molecule has 0 saturated carbocycles. The van der Waals surface area contributed by atoms with Gasteiger partial charge in [0.05, 0.1) is 13.2 Å². The number of aromatic nitrogens is 1. The van der Waals surface area contributed by atoms with Crippen molar-refractivity contribution in [3.05, 3.63) is 41.3 Å². The number of phenolic OH excluding ortho intramolecular Hbond substituents is 1. The molecule has 3 rings (SSSR count). The fourth-order valence-electron chi connectivity index (χ4n) is 2.95. The van der Waals surface area contributed by atoms with E-state index in [-0.39, 0.29) is 5.75 Å². The largest absolute Gasteiger partial charge is 0.504 e. The van der Waals surface area contributed by atoms with Crippen LogP contribution in [0.1, 0.15) is 35.9 Å². The van der Waals surface area contributed by atoms with Crippen LogP contribution in [0.2, 0.25) is 0 Å². The van der Waals surface area contributed by atoms with Gasteiger partial charge in [0.2, 0.25) is 0 Å². The molecule has 5 nitrogen and oxygen atoms in total. The van der Waals surface area contributed by atoms with Gasteiger partial charge in [-0.3, -0.25) is 4.90 Å². The van der Waals surface area contributed by atoms with Gasteiger partial charge >= 0.3 is 0 Å². The minimum Gasteiger partial charge on any atom is -0.504 e. The molecule has 21 heavy (non-hydrogen) atoms. The van der Waals surface area contributed by atoms with E-state index in [0.29, 0.717) is 11.8 Å². The van der Waals surface area contributed by atoms with Crippen LogP contribution in [-0.2, 0) is 6.54 Å². The van der Waals surface area contributed by atoms with Gasteiger partial charge in [0.15, 0.2) is 11.5 Å². The molecule has 0 amide bonds. The normalized spacial score (nSPS) is 19.0. The lowest BCUT2D eigenvalue weighted by atomic mass is 10.1. The van der Waals surface area contributed by atoms with E-state index in [4.69, 9.17) is 9.26 Å². The second kappa shape index (κ2) is 5.77.